The number of anilines is 1. The van der Waals surface area contributed by atoms with Gasteiger partial charge in [0.25, 0.3) is 5.56 Å². The fourth-order valence-electron chi connectivity index (χ4n) is 3.14. The van der Waals surface area contributed by atoms with Crippen LogP contribution in [0, 0.1) is 11.8 Å². The van der Waals surface area contributed by atoms with E-state index in [-0.39, 0.29) is 10.6 Å². The van der Waals surface area contributed by atoms with Crippen molar-refractivity contribution in [1.82, 2.24) is 9.78 Å². The van der Waals surface area contributed by atoms with E-state index in [1.165, 1.54) is 17.5 Å². The zero-order chi connectivity index (χ0) is 18.6. The van der Waals surface area contributed by atoms with Crippen LogP contribution in [0.3, 0.4) is 0 Å². The number of rotatable bonds is 7. The average Bonchev–Trinajstić information content (AvgIpc) is 3.53. The summed E-state index contributed by atoms with van der Waals surface area (Å²) in [6.07, 6.45) is 6.30. The van der Waals surface area contributed by atoms with Gasteiger partial charge in [-0.2, -0.15) is 9.78 Å². The van der Waals surface area contributed by atoms with Crippen molar-refractivity contribution in [3.05, 3.63) is 45.8 Å². The van der Waals surface area contributed by atoms with Crippen LogP contribution in [0.1, 0.15) is 25.7 Å². The lowest BCUT2D eigenvalue weighted by molar-refractivity contribution is 0.0595. The fraction of sp³-hybridized carbons (Fsp3) is 0.500. The van der Waals surface area contributed by atoms with Crippen LogP contribution < -0.4 is 15.6 Å². The maximum Gasteiger partial charge on any atom is 0.292 e. The number of nitrogens with one attached hydrogen (secondary N) is 1. The Morgan fingerprint density at radius 1 is 1.22 bits per heavy atom. The van der Waals surface area contributed by atoms with E-state index in [1.54, 1.807) is 6.20 Å². The molecule has 0 spiro atoms. The van der Waals surface area contributed by atoms with E-state index in [0.717, 1.165) is 45.0 Å². The van der Waals surface area contributed by atoms with Crippen molar-refractivity contribution in [2.75, 3.05) is 31.7 Å². The third-order valence-corrected chi connectivity index (χ3v) is 5.38. The van der Waals surface area contributed by atoms with E-state index in [0.29, 0.717) is 23.2 Å². The summed E-state index contributed by atoms with van der Waals surface area (Å²) in [5.74, 6) is 1.94. The van der Waals surface area contributed by atoms with Crippen molar-refractivity contribution in [2.24, 2.45) is 11.8 Å². The molecule has 1 aromatic carbocycles. The molecule has 0 bridgehead atoms. The number of benzene rings is 1. The molecule has 1 N–H and O–H groups in total. The number of aromatic nitrogens is 2. The van der Waals surface area contributed by atoms with Crippen LogP contribution in [0.2, 0.25) is 5.02 Å². The van der Waals surface area contributed by atoms with Gasteiger partial charge in [-0.25, -0.2) is 0 Å². The van der Waals surface area contributed by atoms with Gasteiger partial charge in [-0.05, 0) is 61.8 Å². The fourth-order valence-corrected chi connectivity index (χ4v) is 3.34. The van der Waals surface area contributed by atoms with Gasteiger partial charge in [-0.1, -0.05) is 11.6 Å². The maximum absolute atomic E-state index is 12.6. The molecule has 1 aromatic heterocycles. The molecule has 6 nitrogen and oxygen atoms in total. The van der Waals surface area contributed by atoms with Gasteiger partial charge in [0.05, 0.1) is 30.8 Å². The molecule has 144 valence electrons. The van der Waals surface area contributed by atoms with Crippen LogP contribution in [-0.2, 0) is 4.74 Å². The van der Waals surface area contributed by atoms with Crippen LogP contribution in [0.25, 0.3) is 5.69 Å². The van der Waals surface area contributed by atoms with Crippen molar-refractivity contribution in [2.45, 2.75) is 25.7 Å². The Morgan fingerprint density at radius 3 is 2.74 bits per heavy atom. The molecule has 1 aliphatic heterocycles. The van der Waals surface area contributed by atoms with Crippen molar-refractivity contribution < 1.29 is 9.47 Å². The predicted molar refractivity (Wildman–Crippen MR) is 105 cm³/mol. The van der Waals surface area contributed by atoms with Gasteiger partial charge in [-0.15, -0.1) is 0 Å². The summed E-state index contributed by atoms with van der Waals surface area (Å²) >= 11 is 6.30. The molecule has 0 radical (unpaired) electrons. The van der Waals surface area contributed by atoms with Crippen molar-refractivity contribution in [3.63, 3.8) is 0 Å². The van der Waals surface area contributed by atoms with Gasteiger partial charge in [0.15, 0.2) is 0 Å². The Balaban J connectivity index is 1.43. The molecular weight excluding hydrogens is 366 g/mol. The largest absolute Gasteiger partial charge is 0.493 e. The van der Waals surface area contributed by atoms with E-state index in [9.17, 15) is 4.79 Å². The second-order valence-corrected chi connectivity index (χ2v) is 7.68. The topological polar surface area (TPSA) is 65.4 Å². The number of hydrogen-bond acceptors (Lipinski definition) is 5. The summed E-state index contributed by atoms with van der Waals surface area (Å²) < 4.78 is 12.5. The predicted octanol–water partition coefficient (Wildman–Crippen LogP) is 3.51. The van der Waals surface area contributed by atoms with Crippen molar-refractivity contribution in [3.8, 4) is 11.4 Å². The zero-order valence-corrected chi connectivity index (χ0v) is 16.0. The molecule has 1 aliphatic carbocycles. The molecule has 1 saturated heterocycles. The molecule has 1 saturated carbocycles. The Hall–Kier alpha value is -2.05. The summed E-state index contributed by atoms with van der Waals surface area (Å²) in [6, 6.07) is 7.35. The van der Waals surface area contributed by atoms with Gasteiger partial charge >= 0.3 is 0 Å². The minimum absolute atomic E-state index is 0.149. The molecule has 0 unspecified atom stereocenters. The second-order valence-electron chi connectivity index (χ2n) is 7.30. The first kappa shape index (κ1) is 18.3. The first-order valence-corrected chi connectivity index (χ1v) is 9.91. The van der Waals surface area contributed by atoms with E-state index in [4.69, 9.17) is 21.1 Å². The standard InChI is InChI=1S/C20H24ClN3O3/c21-19-18(22-10-15-2-1-9-26-12-15)11-23-24(20(19)25)16-5-7-17(8-6-16)27-13-14-3-4-14/h5-8,11,14-15,22H,1-4,9-10,12-13H2/t15-/m0/s1. The second kappa shape index (κ2) is 8.31. The summed E-state index contributed by atoms with van der Waals surface area (Å²) in [4.78, 5) is 12.6. The van der Waals surface area contributed by atoms with Crippen molar-refractivity contribution >= 4 is 17.3 Å². The molecule has 2 aliphatic rings. The lowest BCUT2D eigenvalue weighted by Gasteiger charge is -2.22. The zero-order valence-electron chi connectivity index (χ0n) is 15.2. The summed E-state index contributed by atoms with van der Waals surface area (Å²) in [5.41, 5.74) is 0.883. The van der Waals surface area contributed by atoms with Gasteiger partial charge in [0.2, 0.25) is 0 Å². The van der Waals surface area contributed by atoms with Crippen LogP contribution in [0.4, 0.5) is 5.69 Å². The Kier molecular flexibility index (Phi) is 5.64. The van der Waals surface area contributed by atoms with Crippen molar-refractivity contribution in [1.29, 1.82) is 0 Å². The minimum atomic E-state index is -0.340. The molecule has 7 heteroatoms. The van der Waals surface area contributed by atoms with Crippen LogP contribution in [0.5, 0.6) is 5.75 Å². The molecule has 27 heavy (non-hydrogen) atoms. The maximum atomic E-state index is 12.6. The van der Waals surface area contributed by atoms with Gasteiger partial charge in [-0.3, -0.25) is 4.79 Å². The Morgan fingerprint density at radius 2 is 2.04 bits per heavy atom. The molecule has 2 heterocycles. The molecule has 1 atom stereocenters. The van der Waals surface area contributed by atoms with Crippen LogP contribution >= 0.6 is 11.6 Å². The van der Waals surface area contributed by atoms with E-state index in [1.807, 2.05) is 24.3 Å². The van der Waals surface area contributed by atoms with Crippen LogP contribution in [0.15, 0.2) is 35.3 Å². The molecular formula is C20H24ClN3O3. The highest BCUT2D eigenvalue weighted by atomic mass is 35.5. The van der Waals surface area contributed by atoms with Gasteiger partial charge < -0.3 is 14.8 Å². The van der Waals surface area contributed by atoms with E-state index >= 15 is 0 Å². The van der Waals surface area contributed by atoms with E-state index < -0.39 is 0 Å². The molecule has 4 rings (SSSR count). The molecule has 2 aromatic rings. The Bertz CT molecular complexity index is 827. The van der Waals surface area contributed by atoms with Gasteiger partial charge in [0, 0.05) is 13.2 Å². The monoisotopic (exact) mass is 389 g/mol. The summed E-state index contributed by atoms with van der Waals surface area (Å²) in [5, 5.41) is 7.66. The Labute approximate surface area is 163 Å². The highest BCUT2D eigenvalue weighted by Crippen LogP contribution is 2.29. The summed E-state index contributed by atoms with van der Waals surface area (Å²) in [6.45, 7) is 3.05. The first-order valence-electron chi connectivity index (χ1n) is 9.53. The lowest BCUT2D eigenvalue weighted by atomic mass is 10.0. The highest BCUT2D eigenvalue weighted by Gasteiger charge is 2.22. The molecule has 0 amide bonds. The lowest BCUT2D eigenvalue weighted by Crippen LogP contribution is -2.26. The smallest absolute Gasteiger partial charge is 0.292 e. The number of halogens is 1. The normalized spacial score (nSPS) is 19.7. The third kappa shape index (κ3) is 4.62. The first-order chi connectivity index (χ1) is 13.2. The van der Waals surface area contributed by atoms with Gasteiger partial charge in [0.1, 0.15) is 10.8 Å². The average molecular weight is 390 g/mol. The number of hydrogen-bond donors (Lipinski definition) is 1. The highest BCUT2D eigenvalue weighted by molar-refractivity contribution is 6.32. The quantitative estimate of drug-likeness (QED) is 0.784. The minimum Gasteiger partial charge on any atom is -0.493 e. The van der Waals surface area contributed by atoms with E-state index in [2.05, 4.69) is 10.4 Å². The summed E-state index contributed by atoms with van der Waals surface area (Å²) in [7, 11) is 0. The number of nitrogens with zero attached hydrogens (tertiary/aromatic N) is 2. The number of ether oxygens (including phenoxy) is 2. The van der Waals surface area contributed by atoms with Crippen LogP contribution in [-0.4, -0.2) is 36.1 Å². The molecule has 2 fully saturated rings. The third-order valence-electron chi connectivity index (χ3n) is 5.02. The SMILES string of the molecule is O=c1c(Cl)c(NC[C@@H]2CCCOC2)cnn1-c1ccc(OCC2CC2)cc1.